The van der Waals surface area contributed by atoms with Gasteiger partial charge in [0.2, 0.25) is 0 Å². The molecular formula is C41H44N4O13P+. The van der Waals surface area contributed by atoms with Crippen molar-refractivity contribution in [2.45, 2.75) is 69.2 Å². The van der Waals surface area contributed by atoms with E-state index in [-0.39, 0.29) is 30.6 Å². The van der Waals surface area contributed by atoms with Crippen LogP contribution in [0.5, 0.6) is 11.5 Å². The Morgan fingerprint density at radius 3 is 1.68 bits per heavy atom. The topological polar surface area (TPSA) is 212 Å². The van der Waals surface area contributed by atoms with Crippen molar-refractivity contribution in [3.63, 3.8) is 0 Å². The fourth-order valence-electron chi connectivity index (χ4n) is 7.42. The molecule has 1 unspecified atom stereocenters. The minimum Gasteiger partial charge on any atom is -0.497 e. The zero-order chi connectivity index (χ0) is 41.8. The van der Waals surface area contributed by atoms with Gasteiger partial charge in [-0.15, -0.1) is 9.05 Å². The van der Waals surface area contributed by atoms with E-state index < -0.39 is 79.8 Å². The molecule has 0 bridgehead atoms. The molecule has 0 spiro atoms. The third-order valence-electron chi connectivity index (χ3n) is 10.5. The molecule has 7 rings (SSSR count). The molecule has 310 valence electrons. The van der Waals surface area contributed by atoms with Crippen LogP contribution in [0.2, 0.25) is 0 Å². The van der Waals surface area contributed by atoms with Gasteiger partial charge in [0, 0.05) is 40.9 Å². The van der Waals surface area contributed by atoms with E-state index in [1.165, 1.54) is 28.5 Å². The second-order valence-electron chi connectivity index (χ2n) is 14.2. The molecule has 59 heavy (non-hydrogen) atoms. The van der Waals surface area contributed by atoms with Crippen LogP contribution in [-0.4, -0.2) is 76.1 Å². The SMILES string of the molecule is COc1ccc(C(O[C@@H]2C[C@H](n3cc(C)c(=O)[nH]c3=O)O[C@@H]2CO[P+](=O)O[C@@H]2C[C@H](n3cc(C)c(=O)[nH]c3=O)O[C@@H]2CO)(c2ccccc2)c2ccc(OC)cc2)cc1. The summed E-state index contributed by atoms with van der Waals surface area (Å²) >= 11 is 0. The molecule has 4 heterocycles. The van der Waals surface area contributed by atoms with Crippen LogP contribution in [0.3, 0.4) is 0 Å². The van der Waals surface area contributed by atoms with Gasteiger partial charge in [-0.3, -0.25) is 28.7 Å². The fourth-order valence-corrected chi connectivity index (χ4v) is 8.19. The smallest absolute Gasteiger partial charge is 0.497 e. The van der Waals surface area contributed by atoms with E-state index in [4.69, 9.17) is 32.7 Å². The average Bonchev–Trinajstić information content (AvgIpc) is 3.85. The van der Waals surface area contributed by atoms with E-state index in [2.05, 4.69) is 9.97 Å². The van der Waals surface area contributed by atoms with Crippen molar-refractivity contribution < 1.29 is 42.4 Å². The first-order valence-electron chi connectivity index (χ1n) is 18.8. The second kappa shape index (κ2) is 17.8. The third kappa shape index (κ3) is 8.63. The van der Waals surface area contributed by atoms with Gasteiger partial charge in [0.1, 0.15) is 54.5 Å². The maximum absolute atomic E-state index is 13.5. The Balaban J connectivity index is 1.22. The standard InChI is InChI=1S/C41H43N4O13P/c1-24-20-44(39(49)42-37(24)47)35-18-31(34(56-35)23-54-59(51)58-32-19-36(55-33(32)22-46)45-21-25(2)38(48)43-40(45)50)57-41(26-8-6-5-7-9-26,27-10-14-29(52-3)15-11-27)28-12-16-30(53-4)17-13-28/h5-17,20-21,31-36,46H,18-19,22-23H2,1-4H3,(H-,42,43,47,48,49,50)/p+1/t31-,32-,33-,34-,35-,36-/m1/s1. The average molecular weight is 832 g/mol. The van der Waals surface area contributed by atoms with Crippen LogP contribution in [0, 0.1) is 13.8 Å². The number of nitrogens with one attached hydrogen (secondary N) is 2. The maximum Gasteiger partial charge on any atom is 0.697 e. The minimum absolute atomic E-state index is 0.00653. The van der Waals surface area contributed by atoms with E-state index in [9.17, 15) is 28.8 Å². The predicted molar refractivity (Wildman–Crippen MR) is 212 cm³/mol. The summed E-state index contributed by atoms with van der Waals surface area (Å²) in [5.41, 5.74) is -1.02. The molecule has 2 aromatic heterocycles. The number of rotatable bonds is 15. The number of nitrogens with zero attached hydrogens (tertiary/aromatic N) is 2. The second-order valence-corrected chi connectivity index (χ2v) is 15.1. The highest BCUT2D eigenvalue weighted by Gasteiger charge is 2.49. The fraction of sp³-hybridized carbons (Fsp3) is 0.366. The number of hydrogen-bond acceptors (Lipinski definition) is 13. The Morgan fingerprint density at radius 1 is 0.712 bits per heavy atom. The molecule has 2 aliphatic heterocycles. The number of aromatic nitrogens is 4. The van der Waals surface area contributed by atoms with Crippen LogP contribution in [0.25, 0.3) is 0 Å². The lowest BCUT2D eigenvalue weighted by atomic mass is 9.79. The normalized spacial score (nSPS) is 22.0. The molecule has 2 fully saturated rings. The molecule has 18 heteroatoms. The van der Waals surface area contributed by atoms with Crippen LogP contribution in [0.15, 0.2) is 110 Å². The van der Waals surface area contributed by atoms with Gasteiger partial charge in [-0.2, -0.15) is 0 Å². The summed E-state index contributed by atoms with van der Waals surface area (Å²) in [5, 5.41) is 10.1. The molecule has 3 aromatic carbocycles. The highest BCUT2D eigenvalue weighted by atomic mass is 31.1. The lowest BCUT2D eigenvalue weighted by molar-refractivity contribution is -0.0976. The van der Waals surface area contributed by atoms with Gasteiger partial charge in [0.05, 0.1) is 26.9 Å². The molecule has 5 aromatic rings. The zero-order valence-electron chi connectivity index (χ0n) is 32.6. The first kappa shape index (κ1) is 41.6. The van der Waals surface area contributed by atoms with Crippen LogP contribution in [0.4, 0.5) is 0 Å². The molecule has 2 saturated heterocycles. The van der Waals surface area contributed by atoms with Crippen molar-refractivity contribution in [2.24, 2.45) is 0 Å². The number of ether oxygens (including phenoxy) is 5. The Kier molecular flexibility index (Phi) is 12.5. The largest absolute Gasteiger partial charge is 0.697 e. The maximum atomic E-state index is 13.5. The molecule has 2 aliphatic rings. The number of aromatic amines is 2. The summed E-state index contributed by atoms with van der Waals surface area (Å²) in [6.45, 7) is 2.24. The van der Waals surface area contributed by atoms with Crippen molar-refractivity contribution in [2.75, 3.05) is 27.4 Å². The molecule has 0 amide bonds. The van der Waals surface area contributed by atoms with E-state index in [1.807, 2.05) is 78.9 Å². The monoisotopic (exact) mass is 831 g/mol. The first-order valence-corrected chi connectivity index (χ1v) is 19.9. The number of hydrogen-bond donors (Lipinski definition) is 3. The summed E-state index contributed by atoms with van der Waals surface area (Å²) in [6.07, 6.45) is -2.78. The molecular weight excluding hydrogens is 787 g/mol. The van der Waals surface area contributed by atoms with Crippen LogP contribution in [0.1, 0.15) is 53.1 Å². The number of aliphatic hydroxyl groups is 1. The Morgan fingerprint density at radius 2 is 1.19 bits per heavy atom. The molecule has 0 saturated carbocycles. The van der Waals surface area contributed by atoms with Gasteiger partial charge in [0.25, 0.3) is 11.1 Å². The van der Waals surface area contributed by atoms with Gasteiger partial charge in [-0.25, -0.2) is 9.59 Å². The van der Waals surface area contributed by atoms with Crippen molar-refractivity contribution >= 4 is 8.25 Å². The first-order chi connectivity index (χ1) is 28.4. The number of methoxy groups -OCH3 is 2. The van der Waals surface area contributed by atoms with Gasteiger partial charge in [-0.1, -0.05) is 54.6 Å². The van der Waals surface area contributed by atoms with Crippen LogP contribution >= 0.6 is 8.25 Å². The molecule has 17 nitrogen and oxygen atoms in total. The third-order valence-corrected chi connectivity index (χ3v) is 11.3. The number of H-pyrrole nitrogens is 2. The Bertz CT molecular complexity index is 2460. The number of aryl methyl sites for hydroxylation is 2. The summed E-state index contributed by atoms with van der Waals surface area (Å²) in [6, 6.07) is 24.4. The Labute approximate surface area is 338 Å². The van der Waals surface area contributed by atoms with Gasteiger partial charge in [0.15, 0.2) is 0 Å². The summed E-state index contributed by atoms with van der Waals surface area (Å²) in [7, 11) is 0.258. The number of aliphatic hydroxyl groups excluding tert-OH is 1. The predicted octanol–water partition coefficient (Wildman–Crippen LogP) is 3.72. The minimum atomic E-state index is -2.89. The van der Waals surface area contributed by atoms with E-state index in [0.717, 1.165) is 16.7 Å². The van der Waals surface area contributed by atoms with Crippen molar-refractivity contribution in [3.8, 4) is 11.5 Å². The highest BCUT2D eigenvalue weighted by molar-refractivity contribution is 7.33. The van der Waals surface area contributed by atoms with Crippen LogP contribution < -0.4 is 32.0 Å². The summed E-state index contributed by atoms with van der Waals surface area (Å²) in [5.74, 6) is 1.25. The van der Waals surface area contributed by atoms with Crippen molar-refractivity contribution in [1.29, 1.82) is 0 Å². The van der Waals surface area contributed by atoms with Gasteiger partial charge in [-0.05, 0) is 54.8 Å². The van der Waals surface area contributed by atoms with E-state index in [0.29, 0.717) is 11.5 Å². The zero-order valence-corrected chi connectivity index (χ0v) is 33.5. The molecule has 0 radical (unpaired) electrons. The van der Waals surface area contributed by atoms with Crippen molar-refractivity contribution in [3.05, 3.63) is 161 Å². The van der Waals surface area contributed by atoms with Crippen molar-refractivity contribution in [1.82, 2.24) is 19.1 Å². The summed E-state index contributed by atoms with van der Waals surface area (Å²) in [4.78, 5) is 54.5. The lowest BCUT2D eigenvalue weighted by Crippen LogP contribution is -2.41. The van der Waals surface area contributed by atoms with E-state index >= 15 is 0 Å². The number of benzene rings is 3. The highest BCUT2D eigenvalue weighted by Crippen LogP contribution is 2.46. The lowest BCUT2D eigenvalue weighted by Gasteiger charge is -2.39. The van der Waals surface area contributed by atoms with E-state index in [1.54, 1.807) is 21.1 Å². The molecule has 3 N–H and O–H groups in total. The quantitative estimate of drug-likeness (QED) is 0.102. The van der Waals surface area contributed by atoms with Gasteiger partial charge < -0.3 is 28.8 Å². The van der Waals surface area contributed by atoms with Crippen LogP contribution in [-0.2, 0) is 33.4 Å². The summed E-state index contributed by atoms with van der Waals surface area (Å²) < 4.78 is 58.2. The Hall–Kier alpha value is -5.52. The van der Waals surface area contributed by atoms with Gasteiger partial charge >= 0.3 is 19.6 Å². The molecule has 0 aliphatic carbocycles. The molecule has 7 atom stereocenters.